The van der Waals surface area contributed by atoms with Crippen molar-refractivity contribution in [3.8, 4) is 0 Å². The molecular weight excluding hydrogens is 358 g/mol. The highest BCUT2D eigenvalue weighted by Gasteiger charge is 2.16. The molecule has 140 valence electrons. The van der Waals surface area contributed by atoms with E-state index in [0.29, 0.717) is 11.3 Å². The van der Waals surface area contributed by atoms with Crippen molar-refractivity contribution in [2.75, 3.05) is 24.8 Å². The number of methoxy groups -OCH3 is 1. The van der Waals surface area contributed by atoms with Crippen molar-refractivity contribution in [2.24, 2.45) is 0 Å². The van der Waals surface area contributed by atoms with E-state index in [4.69, 9.17) is 10.5 Å². The average Bonchev–Trinajstić information content (AvgIpc) is 2.65. The van der Waals surface area contributed by atoms with Gasteiger partial charge in [-0.3, -0.25) is 14.9 Å². The minimum Gasteiger partial charge on any atom is -0.465 e. The van der Waals surface area contributed by atoms with Crippen LogP contribution in [-0.4, -0.2) is 36.5 Å². The van der Waals surface area contributed by atoms with Crippen molar-refractivity contribution in [3.63, 3.8) is 0 Å². The molecule has 0 unspecified atom stereocenters. The number of anilines is 2. The summed E-state index contributed by atoms with van der Waals surface area (Å²) in [4.78, 5) is 45.1. The molecule has 0 aromatic heterocycles. The van der Waals surface area contributed by atoms with Crippen LogP contribution in [0.1, 0.15) is 20.7 Å². The summed E-state index contributed by atoms with van der Waals surface area (Å²) >= 11 is 0. The number of esters is 2. The predicted octanol–water partition coefficient (Wildman–Crippen LogP) is 1.76. The smallest absolute Gasteiger partial charge is 0.340 e. The van der Waals surface area contributed by atoms with Crippen molar-refractivity contribution < 1.29 is 28.8 Å². The summed E-state index contributed by atoms with van der Waals surface area (Å²) in [5.41, 5.74) is 5.81. The topological polar surface area (TPSA) is 151 Å². The number of ether oxygens (including phenoxy) is 2. The largest absolute Gasteiger partial charge is 0.465 e. The Kier molecular flexibility index (Phi) is 6.05. The van der Waals surface area contributed by atoms with E-state index < -0.39 is 29.4 Å². The van der Waals surface area contributed by atoms with Crippen molar-refractivity contribution in [2.45, 2.75) is 0 Å². The Balaban J connectivity index is 1.92. The fourth-order valence-corrected chi connectivity index (χ4v) is 2.06. The van der Waals surface area contributed by atoms with Gasteiger partial charge in [0.05, 0.1) is 28.8 Å². The molecule has 0 saturated heterocycles. The monoisotopic (exact) mass is 373 g/mol. The molecular formula is C17H15N3O7. The molecule has 2 rings (SSSR count). The molecule has 0 heterocycles. The predicted molar refractivity (Wildman–Crippen MR) is 94.2 cm³/mol. The van der Waals surface area contributed by atoms with Gasteiger partial charge in [-0.05, 0) is 30.3 Å². The summed E-state index contributed by atoms with van der Waals surface area (Å²) in [6.45, 7) is -0.589. The van der Waals surface area contributed by atoms with Gasteiger partial charge >= 0.3 is 11.9 Å². The number of nitrogens with two attached hydrogens (primary N) is 1. The second-order valence-electron chi connectivity index (χ2n) is 5.22. The van der Waals surface area contributed by atoms with Crippen molar-refractivity contribution >= 4 is 34.9 Å². The van der Waals surface area contributed by atoms with Crippen LogP contribution in [0.3, 0.4) is 0 Å². The Morgan fingerprint density at radius 1 is 1.11 bits per heavy atom. The molecule has 0 saturated carbocycles. The Labute approximate surface area is 153 Å². The van der Waals surface area contributed by atoms with Gasteiger partial charge < -0.3 is 20.5 Å². The second-order valence-corrected chi connectivity index (χ2v) is 5.22. The Morgan fingerprint density at radius 2 is 1.78 bits per heavy atom. The van der Waals surface area contributed by atoms with Crippen LogP contribution in [0, 0.1) is 10.1 Å². The molecule has 0 aliphatic rings. The van der Waals surface area contributed by atoms with E-state index in [2.05, 4.69) is 10.1 Å². The van der Waals surface area contributed by atoms with Gasteiger partial charge in [-0.25, -0.2) is 9.59 Å². The zero-order chi connectivity index (χ0) is 20.0. The molecule has 2 aromatic carbocycles. The van der Waals surface area contributed by atoms with Crippen LogP contribution in [-0.2, 0) is 14.3 Å². The van der Waals surface area contributed by atoms with Crippen molar-refractivity contribution in [1.82, 2.24) is 0 Å². The van der Waals surface area contributed by atoms with Gasteiger partial charge in [-0.2, -0.15) is 0 Å². The van der Waals surface area contributed by atoms with Crippen molar-refractivity contribution in [3.05, 3.63) is 63.7 Å². The first-order valence-electron chi connectivity index (χ1n) is 7.51. The number of nitro benzene ring substituents is 1. The number of non-ortho nitro benzene ring substituents is 1. The van der Waals surface area contributed by atoms with E-state index >= 15 is 0 Å². The molecule has 27 heavy (non-hydrogen) atoms. The summed E-state index contributed by atoms with van der Waals surface area (Å²) in [5, 5.41) is 13.1. The lowest BCUT2D eigenvalue weighted by Crippen LogP contribution is -2.21. The minimum atomic E-state index is -0.890. The van der Waals surface area contributed by atoms with Crippen LogP contribution in [0.4, 0.5) is 17.1 Å². The molecule has 0 aliphatic carbocycles. The van der Waals surface area contributed by atoms with E-state index in [1.54, 1.807) is 0 Å². The third-order valence-electron chi connectivity index (χ3n) is 3.39. The number of nitro groups is 1. The summed E-state index contributed by atoms with van der Waals surface area (Å²) in [7, 11) is 1.25. The maximum Gasteiger partial charge on any atom is 0.340 e. The quantitative estimate of drug-likeness (QED) is 0.336. The molecule has 10 nitrogen and oxygen atoms in total. The van der Waals surface area contributed by atoms with E-state index in [0.717, 1.165) is 18.2 Å². The van der Waals surface area contributed by atoms with Gasteiger partial charge in [0.1, 0.15) is 0 Å². The molecule has 1 amide bonds. The van der Waals surface area contributed by atoms with E-state index in [1.807, 2.05) is 0 Å². The van der Waals surface area contributed by atoms with Crippen LogP contribution >= 0.6 is 0 Å². The number of nitrogens with one attached hydrogen (secondary N) is 1. The number of hydrogen-bond donors (Lipinski definition) is 2. The lowest BCUT2D eigenvalue weighted by molar-refractivity contribution is -0.384. The number of carbonyl (C=O) groups excluding carboxylic acids is 3. The number of amides is 1. The Bertz CT molecular complexity index is 894. The highest BCUT2D eigenvalue weighted by molar-refractivity contribution is 5.98. The first-order chi connectivity index (χ1) is 12.8. The molecule has 2 aromatic rings. The van der Waals surface area contributed by atoms with Crippen molar-refractivity contribution in [1.29, 1.82) is 0 Å². The summed E-state index contributed by atoms with van der Waals surface area (Å²) < 4.78 is 9.41. The number of carbonyl (C=O) groups is 3. The molecule has 0 fully saturated rings. The maximum atomic E-state index is 12.0. The molecule has 0 atom stereocenters. The van der Waals surface area contributed by atoms with Gasteiger partial charge in [-0.1, -0.05) is 0 Å². The van der Waals surface area contributed by atoms with Crippen LogP contribution < -0.4 is 11.1 Å². The standard InChI is InChI=1S/C17H15N3O7/c1-26-16(22)10-2-4-11(5-3-10)19-15(21)9-27-17(23)13-7-6-12(20(24)25)8-14(13)18/h2-8H,9,18H2,1H3,(H,19,21). The molecule has 3 N–H and O–H groups in total. The normalized spacial score (nSPS) is 9.96. The second kappa shape index (κ2) is 8.43. The molecule has 0 aliphatic heterocycles. The zero-order valence-electron chi connectivity index (χ0n) is 14.1. The van der Waals surface area contributed by atoms with Crippen LogP contribution in [0.2, 0.25) is 0 Å². The van der Waals surface area contributed by atoms with Crippen LogP contribution in [0.15, 0.2) is 42.5 Å². The average molecular weight is 373 g/mol. The maximum absolute atomic E-state index is 12.0. The van der Waals surface area contributed by atoms with Crippen LogP contribution in [0.25, 0.3) is 0 Å². The SMILES string of the molecule is COC(=O)c1ccc(NC(=O)COC(=O)c2ccc([N+](=O)[O-])cc2N)cc1. The van der Waals surface area contributed by atoms with E-state index in [-0.39, 0.29) is 16.9 Å². The lowest BCUT2D eigenvalue weighted by atomic mass is 10.1. The highest BCUT2D eigenvalue weighted by Crippen LogP contribution is 2.20. The zero-order valence-corrected chi connectivity index (χ0v) is 14.1. The minimum absolute atomic E-state index is 0.0872. The highest BCUT2D eigenvalue weighted by atomic mass is 16.6. The Morgan fingerprint density at radius 3 is 2.33 bits per heavy atom. The lowest BCUT2D eigenvalue weighted by Gasteiger charge is -2.08. The third kappa shape index (κ3) is 5.01. The van der Waals surface area contributed by atoms with E-state index in [9.17, 15) is 24.5 Å². The van der Waals surface area contributed by atoms with Gasteiger partial charge in [0.2, 0.25) is 0 Å². The summed E-state index contributed by atoms with van der Waals surface area (Å²) in [6.07, 6.45) is 0. The fourth-order valence-electron chi connectivity index (χ4n) is 2.06. The third-order valence-corrected chi connectivity index (χ3v) is 3.39. The molecule has 10 heteroatoms. The van der Waals surface area contributed by atoms with Crippen LogP contribution in [0.5, 0.6) is 0 Å². The first kappa shape index (κ1) is 19.4. The molecule has 0 spiro atoms. The van der Waals surface area contributed by atoms with E-state index in [1.165, 1.54) is 31.4 Å². The number of nitrogen functional groups attached to an aromatic ring is 1. The molecule has 0 radical (unpaired) electrons. The Hall–Kier alpha value is -3.95. The number of nitrogens with zero attached hydrogens (tertiary/aromatic N) is 1. The fraction of sp³-hybridized carbons (Fsp3) is 0.118. The van der Waals surface area contributed by atoms with Gasteiger partial charge in [0.15, 0.2) is 6.61 Å². The summed E-state index contributed by atoms with van der Waals surface area (Å²) in [5.74, 6) is -2.02. The summed E-state index contributed by atoms with van der Waals surface area (Å²) in [6, 6.07) is 9.19. The first-order valence-corrected chi connectivity index (χ1v) is 7.51. The van der Waals surface area contributed by atoms with Gasteiger partial charge in [-0.15, -0.1) is 0 Å². The van der Waals surface area contributed by atoms with Gasteiger partial charge in [0, 0.05) is 17.8 Å². The number of hydrogen-bond acceptors (Lipinski definition) is 8. The number of rotatable bonds is 6. The molecule has 0 bridgehead atoms. The van der Waals surface area contributed by atoms with Gasteiger partial charge in [0.25, 0.3) is 11.6 Å². The number of benzene rings is 2.